The van der Waals surface area contributed by atoms with Crippen LogP contribution in [0.5, 0.6) is 11.6 Å². The van der Waals surface area contributed by atoms with E-state index in [0.29, 0.717) is 36.2 Å². The van der Waals surface area contributed by atoms with Crippen LogP contribution in [0.4, 0.5) is 10.7 Å². The molecule has 32 heavy (non-hydrogen) atoms. The highest BCUT2D eigenvalue weighted by atomic mass is 127. The molecule has 0 radical (unpaired) electrons. The molecule has 9 heteroatoms. The number of carbonyl (C=O) groups excluding carboxylic acids is 1. The molecule has 1 fully saturated rings. The molecule has 1 saturated heterocycles. The molecule has 0 bridgehead atoms. The topological polar surface area (TPSA) is 100 Å². The molecule has 2 heterocycles. The summed E-state index contributed by atoms with van der Waals surface area (Å²) < 4.78 is 12.4. The smallest absolute Gasteiger partial charge is 0.410 e. The summed E-state index contributed by atoms with van der Waals surface area (Å²) >= 11 is 2.14. The van der Waals surface area contributed by atoms with Gasteiger partial charge in [0, 0.05) is 25.3 Å². The number of anilines is 1. The fourth-order valence-electron chi connectivity index (χ4n) is 3.48. The minimum Gasteiger partial charge on any atom is -0.444 e. The Hall–Kier alpha value is -2.61. The number of aromatic nitrogens is 2. The Morgan fingerprint density at radius 3 is 2.44 bits per heavy atom. The van der Waals surface area contributed by atoms with Gasteiger partial charge in [0.1, 0.15) is 11.4 Å². The van der Waals surface area contributed by atoms with Crippen molar-refractivity contribution in [2.45, 2.75) is 59.1 Å². The van der Waals surface area contributed by atoms with Gasteiger partial charge in [0.05, 0.1) is 15.2 Å². The van der Waals surface area contributed by atoms with Crippen LogP contribution in [0.25, 0.3) is 0 Å². The van der Waals surface area contributed by atoms with Gasteiger partial charge < -0.3 is 19.7 Å². The molecule has 3 rings (SSSR count). The maximum atomic E-state index is 12.3. The Kier molecular flexibility index (Phi) is 7.44. The van der Waals surface area contributed by atoms with Crippen LogP contribution in [-0.4, -0.2) is 45.7 Å². The second-order valence-electron chi connectivity index (χ2n) is 8.89. The van der Waals surface area contributed by atoms with E-state index in [-0.39, 0.29) is 12.1 Å². The molecule has 1 aliphatic rings. The number of rotatable bonds is 4. The number of carbonyl (C=O) groups is 1. The first kappa shape index (κ1) is 24.0. The Morgan fingerprint density at radius 2 is 1.88 bits per heavy atom. The highest BCUT2D eigenvalue weighted by molar-refractivity contribution is 14.1. The van der Waals surface area contributed by atoms with E-state index < -0.39 is 5.60 Å². The summed E-state index contributed by atoms with van der Waals surface area (Å²) in [4.78, 5) is 23.0. The van der Waals surface area contributed by atoms with Crippen molar-refractivity contribution in [2.75, 3.05) is 18.4 Å². The lowest BCUT2D eigenvalue weighted by molar-refractivity contribution is 0.0210. The lowest BCUT2D eigenvalue weighted by Gasteiger charge is -2.33. The van der Waals surface area contributed by atoms with Crippen molar-refractivity contribution in [1.29, 1.82) is 5.26 Å². The summed E-state index contributed by atoms with van der Waals surface area (Å²) in [6.07, 6.45) is 3.00. The van der Waals surface area contributed by atoms with Crippen LogP contribution >= 0.6 is 22.6 Å². The van der Waals surface area contributed by atoms with Gasteiger partial charge in [0.25, 0.3) is 0 Å². The number of amides is 1. The first-order valence-electron chi connectivity index (χ1n) is 10.5. The average Bonchev–Trinajstić information content (AvgIpc) is 2.72. The van der Waals surface area contributed by atoms with E-state index in [1.807, 2.05) is 34.6 Å². The maximum absolute atomic E-state index is 12.3. The first-order valence-corrected chi connectivity index (χ1v) is 11.6. The monoisotopic (exact) mass is 549 g/mol. The lowest BCUT2D eigenvalue weighted by atomic mass is 10.1. The van der Waals surface area contributed by atoms with Gasteiger partial charge in [-0.3, -0.25) is 0 Å². The minimum atomic E-state index is -0.497. The average molecular weight is 549 g/mol. The summed E-state index contributed by atoms with van der Waals surface area (Å²) in [6, 6.07) is 5.91. The third-order valence-corrected chi connectivity index (χ3v) is 5.72. The van der Waals surface area contributed by atoms with E-state index in [2.05, 4.69) is 43.9 Å². The Balaban J connectivity index is 1.65. The number of piperidine rings is 1. The largest absolute Gasteiger partial charge is 0.444 e. The fraction of sp³-hybridized carbons (Fsp3) is 0.478. The SMILES string of the molecule is Cc1cc(C#N)cc(C)c1Oc1nc(NC2CCN(C(=O)OC(C)(C)C)CC2)ncc1I. The number of hydrogen-bond acceptors (Lipinski definition) is 7. The molecular weight excluding hydrogens is 521 g/mol. The van der Waals surface area contributed by atoms with Gasteiger partial charge >= 0.3 is 6.09 Å². The number of nitrogens with one attached hydrogen (secondary N) is 1. The number of likely N-dealkylation sites (tertiary alicyclic amines) is 1. The highest BCUT2D eigenvalue weighted by Gasteiger charge is 2.27. The predicted octanol–water partition coefficient (Wildman–Crippen LogP) is 5.17. The van der Waals surface area contributed by atoms with E-state index in [9.17, 15) is 4.79 Å². The molecule has 1 aromatic heterocycles. The number of nitrogens with zero attached hydrogens (tertiary/aromatic N) is 4. The summed E-state index contributed by atoms with van der Waals surface area (Å²) in [5, 5.41) is 12.5. The standard InChI is InChI=1S/C23H28IN5O3/c1-14-10-16(12-25)11-15(2)19(14)31-20-18(24)13-26-21(28-20)27-17-6-8-29(9-7-17)22(30)32-23(3,4)5/h10-11,13,17H,6-9H2,1-5H3,(H,26,27,28). The predicted molar refractivity (Wildman–Crippen MR) is 130 cm³/mol. The number of nitriles is 1. The fourth-order valence-corrected chi connectivity index (χ4v) is 3.85. The number of aryl methyl sites for hydroxylation is 2. The van der Waals surface area contributed by atoms with Gasteiger partial charge in [0.2, 0.25) is 11.8 Å². The van der Waals surface area contributed by atoms with Crippen molar-refractivity contribution < 1.29 is 14.3 Å². The summed E-state index contributed by atoms with van der Waals surface area (Å²) in [5.74, 6) is 1.64. The van der Waals surface area contributed by atoms with Crippen LogP contribution in [-0.2, 0) is 4.74 Å². The van der Waals surface area contributed by atoms with Crippen molar-refractivity contribution in [3.63, 3.8) is 0 Å². The number of ether oxygens (including phenoxy) is 2. The van der Waals surface area contributed by atoms with Gasteiger partial charge in [-0.2, -0.15) is 10.2 Å². The van der Waals surface area contributed by atoms with Crippen LogP contribution < -0.4 is 10.1 Å². The number of hydrogen-bond donors (Lipinski definition) is 1. The Bertz CT molecular complexity index is 1010. The maximum Gasteiger partial charge on any atom is 0.410 e. The van der Waals surface area contributed by atoms with Gasteiger partial charge in [-0.1, -0.05) is 0 Å². The lowest BCUT2D eigenvalue weighted by Crippen LogP contribution is -2.44. The van der Waals surface area contributed by atoms with Crippen molar-refractivity contribution in [1.82, 2.24) is 14.9 Å². The summed E-state index contributed by atoms with van der Waals surface area (Å²) in [6.45, 7) is 10.7. The van der Waals surface area contributed by atoms with Gasteiger partial charge in [0.15, 0.2) is 0 Å². The van der Waals surface area contributed by atoms with E-state index in [1.54, 1.807) is 23.2 Å². The van der Waals surface area contributed by atoms with Crippen molar-refractivity contribution in [2.24, 2.45) is 0 Å². The molecule has 0 saturated carbocycles. The Labute approximate surface area is 202 Å². The van der Waals surface area contributed by atoms with Gasteiger partial charge in [-0.25, -0.2) is 9.78 Å². The molecule has 170 valence electrons. The summed E-state index contributed by atoms with van der Waals surface area (Å²) in [5.41, 5.74) is 1.85. The molecular formula is C23H28IN5O3. The molecule has 2 aromatic rings. The van der Waals surface area contributed by atoms with Gasteiger partial charge in [-0.05, 0) is 93.3 Å². The molecule has 0 spiro atoms. The third-order valence-electron chi connectivity index (χ3n) is 4.98. The van der Waals surface area contributed by atoms with E-state index in [1.165, 1.54) is 0 Å². The van der Waals surface area contributed by atoms with Crippen LogP contribution in [0.15, 0.2) is 18.3 Å². The van der Waals surface area contributed by atoms with Crippen molar-refractivity contribution >= 4 is 34.6 Å². The molecule has 1 aliphatic heterocycles. The first-order chi connectivity index (χ1) is 15.1. The molecule has 1 amide bonds. The van der Waals surface area contributed by atoms with E-state index >= 15 is 0 Å². The third kappa shape index (κ3) is 6.22. The quantitative estimate of drug-likeness (QED) is 0.525. The number of benzene rings is 1. The second kappa shape index (κ2) is 9.90. The zero-order valence-electron chi connectivity index (χ0n) is 19.0. The van der Waals surface area contributed by atoms with Crippen LogP contribution in [0.1, 0.15) is 50.3 Å². The highest BCUT2D eigenvalue weighted by Crippen LogP contribution is 2.31. The van der Waals surface area contributed by atoms with E-state index in [4.69, 9.17) is 14.7 Å². The van der Waals surface area contributed by atoms with E-state index in [0.717, 1.165) is 27.5 Å². The van der Waals surface area contributed by atoms with Crippen molar-refractivity contribution in [3.8, 4) is 17.7 Å². The molecule has 1 aromatic carbocycles. The number of halogens is 1. The molecule has 0 atom stereocenters. The Morgan fingerprint density at radius 1 is 1.25 bits per heavy atom. The molecule has 1 N–H and O–H groups in total. The minimum absolute atomic E-state index is 0.153. The van der Waals surface area contributed by atoms with Crippen LogP contribution in [0.2, 0.25) is 0 Å². The zero-order valence-corrected chi connectivity index (χ0v) is 21.2. The zero-order chi connectivity index (χ0) is 23.5. The van der Waals surface area contributed by atoms with Crippen LogP contribution in [0.3, 0.4) is 0 Å². The molecule has 8 nitrogen and oxygen atoms in total. The van der Waals surface area contributed by atoms with Crippen LogP contribution in [0, 0.1) is 28.7 Å². The summed E-state index contributed by atoms with van der Waals surface area (Å²) in [7, 11) is 0. The second-order valence-corrected chi connectivity index (χ2v) is 10.0. The van der Waals surface area contributed by atoms with Crippen molar-refractivity contribution in [3.05, 3.63) is 38.6 Å². The molecule has 0 unspecified atom stereocenters. The normalized spacial score (nSPS) is 14.6. The molecule has 0 aliphatic carbocycles. The van der Waals surface area contributed by atoms with Gasteiger partial charge in [-0.15, -0.1) is 0 Å².